The first kappa shape index (κ1) is 48.5. The maximum absolute atomic E-state index is 12.2. The highest BCUT2D eigenvalue weighted by Gasteiger charge is 2.28. The van der Waals surface area contributed by atoms with Crippen molar-refractivity contribution in [1.29, 1.82) is 0 Å². The van der Waals surface area contributed by atoms with Crippen LogP contribution in [0.2, 0.25) is 0 Å². The van der Waals surface area contributed by atoms with Crippen LogP contribution < -0.4 is 5.32 Å². The highest BCUT2D eigenvalue weighted by atomic mass is 31.2. The molecule has 0 aliphatic carbocycles. The van der Waals surface area contributed by atoms with E-state index in [0.717, 1.165) is 38.5 Å². The van der Waals surface area contributed by atoms with Gasteiger partial charge in [0.15, 0.2) is 6.04 Å². The smallest absolute Gasteiger partial charge is 0.472 e. The van der Waals surface area contributed by atoms with Gasteiger partial charge in [0.1, 0.15) is 12.7 Å². The number of amides is 1. The molecule has 0 radical (unpaired) electrons. The number of carboxylic acids is 1. The van der Waals surface area contributed by atoms with Gasteiger partial charge in [-0.15, -0.1) is 0 Å². The summed E-state index contributed by atoms with van der Waals surface area (Å²) in [7, 11) is -4.74. The summed E-state index contributed by atoms with van der Waals surface area (Å²) < 4.78 is 26.7. The van der Waals surface area contributed by atoms with E-state index in [4.69, 9.17) is 13.8 Å². The quantitative estimate of drug-likeness (QED) is 0.0272. The lowest BCUT2D eigenvalue weighted by Crippen LogP contribution is -2.43. The Morgan fingerprint density at radius 3 is 1.32 bits per heavy atom. The largest absolute Gasteiger partial charge is 0.480 e. The molecule has 0 aromatic rings. The van der Waals surface area contributed by atoms with Crippen molar-refractivity contribution < 1.29 is 47.8 Å². The van der Waals surface area contributed by atoms with E-state index in [1.165, 1.54) is 116 Å². The zero-order valence-corrected chi connectivity index (χ0v) is 32.6. The SMILES string of the molecule is CCCCCCCCCCCCCCCCCC(=O)OCC(O)COP(=O)(O)OCC(NC(=O)CCCCCCCCCCCCC)C(=O)O. The number of phosphoric ester groups is 1. The zero-order chi connectivity index (χ0) is 37.1. The van der Waals surface area contributed by atoms with Crippen LogP contribution in [0.5, 0.6) is 0 Å². The van der Waals surface area contributed by atoms with Crippen LogP contribution in [0, 0.1) is 0 Å². The molecule has 1 amide bonds. The molecule has 0 aromatic carbocycles. The van der Waals surface area contributed by atoms with Crippen molar-refractivity contribution in [2.24, 2.45) is 0 Å². The first-order valence-corrected chi connectivity index (χ1v) is 21.6. The number of aliphatic hydroxyl groups excluding tert-OH is 1. The summed E-state index contributed by atoms with van der Waals surface area (Å²) in [6.45, 7) is 2.58. The monoisotopic (exact) mass is 736 g/mol. The minimum absolute atomic E-state index is 0.151. The molecule has 0 fully saturated rings. The van der Waals surface area contributed by atoms with Gasteiger partial charge in [-0.05, 0) is 12.8 Å². The Morgan fingerprint density at radius 1 is 0.560 bits per heavy atom. The van der Waals surface area contributed by atoms with E-state index in [1.807, 2.05) is 0 Å². The number of hydrogen-bond donors (Lipinski definition) is 4. The third kappa shape index (κ3) is 33.6. The van der Waals surface area contributed by atoms with Crippen molar-refractivity contribution >= 4 is 25.7 Å². The lowest BCUT2D eigenvalue weighted by Gasteiger charge is -2.18. The van der Waals surface area contributed by atoms with Crippen molar-refractivity contribution in [3.63, 3.8) is 0 Å². The van der Waals surface area contributed by atoms with Gasteiger partial charge in [0.2, 0.25) is 5.91 Å². The molecule has 0 saturated carbocycles. The molecule has 12 heteroatoms. The second kappa shape index (κ2) is 34.6. The van der Waals surface area contributed by atoms with Gasteiger partial charge in [0, 0.05) is 12.8 Å². The summed E-state index contributed by atoms with van der Waals surface area (Å²) in [4.78, 5) is 45.7. The predicted molar refractivity (Wildman–Crippen MR) is 199 cm³/mol. The molecule has 0 saturated heterocycles. The zero-order valence-electron chi connectivity index (χ0n) is 31.7. The molecule has 296 valence electrons. The summed E-state index contributed by atoms with van der Waals surface area (Å²) in [5.41, 5.74) is 0. The fourth-order valence-corrected chi connectivity index (χ4v) is 6.50. The number of nitrogens with one attached hydrogen (secondary N) is 1. The van der Waals surface area contributed by atoms with E-state index in [-0.39, 0.29) is 12.8 Å². The van der Waals surface area contributed by atoms with Crippen LogP contribution in [0.25, 0.3) is 0 Å². The van der Waals surface area contributed by atoms with Gasteiger partial charge >= 0.3 is 19.8 Å². The Morgan fingerprint density at radius 2 is 0.920 bits per heavy atom. The molecule has 0 rings (SSSR count). The molecule has 0 aromatic heterocycles. The van der Waals surface area contributed by atoms with Crippen LogP contribution >= 0.6 is 7.82 Å². The van der Waals surface area contributed by atoms with E-state index in [2.05, 4.69) is 19.2 Å². The maximum atomic E-state index is 12.2. The third-order valence-electron chi connectivity index (χ3n) is 8.90. The standard InChI is InChI=1S/C38H74NO10P/c1-3-5-7-9-11-13-15-16-17-18-20-22-24-26-28-30-37(42)47-31-34(40)32-48-50(45,46)49-33-35(38(43)44)39-36(41)29-27-25-23-21-19-14-12-10-8-6-4-2/h34-35,40H,3-33H2,1-2H3,(H,39,41)(H,43,44)(H,45,46). The second-order valence-corrected chi connectivity index (χ2v) is 15.3. The number of carbonyl (C=O) groups excluding carboxylic acids is 2. The maximum Gasteiger partial charge on any atom is 0.472 e. The van der Waals surface area contributed by atoms with Gasteiger partial charge in [-0.3, -0.25) is 18.6 Å². The second-order valence-electron chi connectivity index (χ2n) is 13.8. The number of esters is 1. The van der Waals surface area contributed by atoms with E-state index < -0.39 is 57.6 Å². The molecule has 11 nitrogen and oxygen atoms in total. The molecule has 50 heavy (non-hydrogen) atoms. The number of rotatable bonds is 38. The average Bonchev–Trinajstić information content (AvgIpc) is 3.08. The van der Waals surface area contributed by atoms with Gasteiger partial charge in [-0.25, -0.2) is 9.36 Å². The van der Waals surface area contributed by atoms with Crippen molar-refractivity contribution in [3.8, 4) is 0 Å². The molecular weight excluding hydrogens is 661 g/mol. The topological polar surface area (TPSA) is 169 Å². The average molecular weight is 736 g/mol. The number of hydrogen-bond acceptors (Lipinski definition) is 8. The fraction of sp³-hybridized carbons (Fsp3) is 0.921. The number of carboxylic acid groups (broad SMARTS) is 1. The fourth-order valence-electron chi connectivity index (χ4n) is 5.73. The molecular formula is C38H74NO10P. The minimum Gasteiger partial charge on any atom is -0.480 e. The van der Waals surface area contributed by atoms with Crippen molar-refractivity contribution in [3.05, 3.63) is 0 Å². The molecule has 0 aliphatic rings. The molecule has 3 atom stereocenters. The Bertz CT molecular complexity index is 875. The summed E-state index contributed by atoms with van der Waals surface area (Å²) in [6.07, 6.45) is 29.9. The number of aliphatic hydroxyl groups is 1. The minimum atomic E-state index is -4.74. The van der Waals surface area contributed by atoms with E-state index in [0.29, 0.717) is 12.8 Å². The van der Waals surface area contributed by atoms with Crippen molar-refractivity contribution in [1.82, 2.24) is 5.32 Å². The highest BCUT2D eigenvalue weighted by Crippen LogP contribution is 2.43. The number of unbranched alkanes of at least 4 members (excludes halogenated alkanes) is 24. The van der Waals surface area contributed by atoms with E-state index in [9.17, 15) is 34.1 Å². The first-order valence-electron chi connectivity index (χ1n) is 20.1. The van der Waals surface area contributed by atoms with Crippen molar-refractivity contribution in [2.75, 3.05) is 19.8 Å². The molecule has 0 aliphatic heterocycles. The lowest BCUT2D eigenvalue weighted by molar-refractivity contribution is -0.147. The number of carbonyl (C=O) groups is 3. The highest BCUT2D eigenvalue weighted by molar-refractivity contribution is 7.47. The number of aliphatic carboxylic acids is 1. The van der Waals surface area contributed by atoms with Crippen molar-refractivity contribution in [2.45, 2.75) is 206 Å². The molecule has 0 bridgehead atoms. The van der Waals surface area contributed by atoms with E-state index >= 15 is 0 Å². The molecule has 4 N–H and O–H groups in total. The first-order chi connectivity index (χ1) is 24.1. The molecule has 3 unspecified atom stereocenters. The molecule has 0 heterocycles. The normalized spacial score (nSPS) is 13.8. The number of ether oxygens (including phenoxy) is 1. The van der Waals surface area contributed by atoms with Gasteiger partial charge in [-0.2, -0.15) is 0 Å². The van der Waals surface area contributed by atoms with Gasteiger partial charge in [0.25, 0.3) is 0 Å². The van der Waals surface area contributed by atoms with Crippen LogP contribution in [-0.4, -0.2) is 64.9 Å². The van der Waals surface area contributed by atoms with Crippen LogP contribution in [0.15, 0.2) is 0 Å². The third-order valence-corrected chi connectivity index (χ3v) is 9.85. The van der Waals surface area contributed by atoms with Crippen LogP contribution in [-0.2, 0) is 32.7 Å². The van der Waals surface area contributed by atoms with Gasteiger partial charge in [0.05, 0.1) is 13.2 Å². The summed E-state index contributed by atoms with van der Waals surface area (Å²) in [5.74, 6) is -2.36. The Kier molecular flexibility index (Phi) is 33.5. The Hall–Kier alpha value is -1.52. The summed E-state index contributed by atoms with van der Waals surface area (Å²) >= 11 is 0. The number of phosphoric acid groups is 1. The summed E-state index contributed by atoms with van der Waals surface area (Å²) in [5, 5.41) is 21.7. The Labute approximate surface area is 304 Å². The van der Waals surface area contributed by atoms with Crippen LogP contribution in [0.4, 0.5) is 0 Å². The Balaban J connectivity index is 3.90. The van der Waals surface area contributed by atoms with Gasteiger partial charge < -0.3 is 25.2 Å². The lowest BCUT2D eigenvalue weighted by atomic mass is 10.0. The van der Waals surface area contributed by atoms with Gasteiger partial charge in [-0.1, -0.05) is 168 Å². The van der Waals surface area contributed by atoms with Crippen LogP contribution in [0.1, 0.15) is 194 Å². The van der Waals surface area contributed by atoms with E-state index in [1.54, 1.807) is 0 Å². The van der Waals surface area contributed by atoms with Crippen LogP contribution in [0.3, 0.4) is 0 Å². The summed E-state index contributed by atoms with van der Waals surface area (Å²) in [6, 6.07) is -1.54. The molecule has 0 spiro atoms. The predicted octanol–water partition coefficient (Wildman–Crippen LogP) is 9.56.